The van der Waals surface area contributed by atoms with Gasteiger partial charge in [-0.2, -0.15) is 0 Å². The fourth-order valence-electron chi connectivity index (χ4n) is 3.09. The molecule has 0 radical (unpaired) electrons. The van der Waals surface area contributed by atoms with Gasteiger partial charge in [-0.25, -0.2) is 9.97 Å². The highest BCUT2D eigenvalue weighted by Gasteiger charge is 2.16. The standard InChI is InChI=1S/C22H22N4O3S/c1-14-11-18(29-26-14)16-13-24-22(25-21(16)20-5-4-10-30-20)23-9-8-15-6-7-17(27-2)19(12-15)28-3/h4-7,10-13H,8-9H2,1-3H3,(H,23,24,25). The van der Waals surface area contributed by atoms with E-state index in [1.807, 2.05) is 48.7 Å². The predicted octanol–water partition coefficient (Wildman–Crippen LogP) is 4.84. The Morgan fingerprint density at radius 3 is 2.67 bits per heavy atom. The molecule has 4 aromatic rings. The molecule has 0 unspecified atom stereocenters. The van der Waals surface area contributed by atoms with E-state index in [-0.39, 0.29) is 0 Å². The Balaban J connectivity index is 1.52. The van der Waals surface area contributed by atoms with E-state index >= 15 is 0 Å². The topological polar surface area (TPSA) is 82.3 Å². The maximum atomic E-state index is 5.44. The minimum Gasteiger partial charge on any atom is -0.493 e. The average molecular weight is 423 g/mol. The highest BCUT2D eigenvalue weighted by Crippen LogP contribution is 2.33. The van der Waals surface area contributed by atoms with Crippen molar-refractivity contribution in [1.82, 2.24) is 15.1 Å². The molecule has 1 aromatic carbocycles. The van der Waals surface area contributed by atoms with Crippen LogP contribution in [0.2, 0.25) is 0 Å². The summed E-state index contributed by atoms with van der Waals surface area (Å²) in [5, 5.41) is 9.32. The van der Waals surface area contributed by atoms with Crippen molar-refractivity contribution >= 4 is 17.3 Å². The van der Waals surface area contributed by atoms with Crippen molar-refractivity contribution in [2.45, 2.75) is 13.3 Å². The van der Waals surface area contributed by atoms with Gasteiger partial charge >= 0.3 is 0 Å². The molecule has 154 valence electrons. The summed E-state index contributed by atoms with van der Waals surface area (Å²) in [6.07, 6.45) is 2.57. The first-order chi connectivity index (χ1) is 14.7. The molecule has 0 aliphatic heterocycles. The zero-order valence-corrected chi connectivity index (χ0v) is 17.8. The van der Waals surface area contributed by atoms with Crippen molar-refractivity contribution in [3.05, 3.63) is 59.2 Å². The van der Waals surface area contributed by atoms with Gasteiger partial charge in [-0.1, -0.05) is 17.3 Å². The van der Waals surface area contributed by atoms with Gasteiger partial charge in [0.25, 0.3) is 0 Å². The normalized spacial score (nSPS) is 10.8. The SMILES string of the molecule is COc1ccc(CCNc2ncc(-c3cc(C)no3)c(-c3cccs3)n2)cc1OC. The first kappa shape index (κ1) is 19.9. The maximum absolute atomic E-state index is 5.44. The molecule has 0 saturated carbocycles. The van der Waals surface area contributed by atoms with E-state index in [1.165, 1.54) is 0 Å². The van der Waals surface area contributed by atoms with Crippen LogP contribution in [0.4, 0.5) is 5.95 Å². The van der Waals surface area contributed by atoms with E-state index in [1.54, 1.807) is 31.8 Å². The quantitative estimate of drug-likeness (QED) is 0.435. The molecule has 0 bridgehead atoms. The zero-order valence-electron chi connectivity index (χ0n) is 17.0. The smallest absolute Gasteiger partial charge is 0.223 e. The molecule has 0 atom stereocenters. The summed E-state index contributed by atoms with van der Waals surface area (Å²) in [6.45, 7) is 2.57. The molecule has 0 aliphatic rings. The van der Waals surface area contributed by atoms with Crippen LogP contribution in [0.1, 0.15) is 11.3 Å². The largest absolute Gasteiger partial charge is 0.493 e. The van der Waals surface area contributed by atoms with Crippen molar-refractivity contribution in [1.29, 1.82) is 0 Å². The van der Waals surface area contributed by atoms with Gasteiger partial charge < -0.3 is 19.3 Å². The molecule has 3 heterocycles. The van der Waals surface area contributed by atoms with E-state index in [4.69, 9.17) is 19.0 Å². The first-order valence-corrected chi connectivity index (χ1v) is 10.4. The van der Waals surface area contributed by atoms with Gasteiger partial charge in [-0.3, -0.25) is 0 Å². The number of methoxy groups -OCH3 is 2. The highest BCUT2D eigenvalue weighted by molar-refractivity contribution is 7.13. The number of nitrogens with one attached hydrogen (secondary N) is 1. The molecule has 0 spiro atoms. The van der Waals surface area contributed by atoms with E-state index in [2.05, 4.69) is 15.5 Å². The molecule has 1 N–H and O–H groups in total. The van der Waals surface area contributed by atoms with Crippen LogP contribution in [-0.4, -0.2) is 35.9 Å². The van der Waals surface area contributed by atoms with Crippen LogP contribution in [0.3, 0.4) is 0 Å². The monoisotopic (exact) mass is 422 g/mol. The highest BCUT2D eigenvalue weighted by atomic mass is 32.1. The second-order valence-electron chi connectivity index (χ2n) is 6.63. The Labute approximate surface area is 178 Å². The minimum atomic E-state index is 0.568. The molecular weight excluding hydrogens is 400 g/mol. The Kier molecular flexibility index (Phi) is 5.94. The van der Waals surface area contributed by atoms with Gasteiger partial charge in [0.1, 0.15) is 0 Å². The number of hydrogen-bond acceptors (Lipinski definition) is 8. The molecule has 0 aliphatic carbocycles. The summed E-state index contributed by atoms with van der Waals surface area (Å²) >= 11 is 1.62. The number of aryl methyl sites for hydroxylation is 1. The van der Waals surface area contributed by atoms with Crippen molar-refractivity contribution < 1.29 is 14.0 Å². The Bertz CT molecular complexity index is 1130. The second-order valence-corrected chi connectivity index (χ2v) is 7.58. The number of hydrogen-bond donors (Lipinski definition) is 1. The third-order valence-corrected chi connectivity index (χ3v) is 5.46. The third kappa shape index (κ3) is 4.28. The van der Waals surface area contributed by atoms with Crippen LogP contribution in [0.15, 0.2) is 52.5 Å². The molecule has 30 heavy (non-hydrogen) atoms. The number of rotatable bonds is 8. The van der Waals surface area contributed by atoms with Gasteiger partial charge in [0, 0.05) is 18.8 Å². The lowest BCUT2D eigenvalue weighted by molar-refractivity contribution is 0.354. The summed E-state index contributed by atoms with van der Waals surface area (Å²) in [6, 6.07) is 11.8. The lowest BCUT2D eigenvalue weighted by atomic mass is 10.1. The number of aromatic nitrogens is 3. The maximum Gasteiger partial charge on any atom is 0.223 e. The lowest BCUT2D eigenvalue weighted by Gasteiger charge is -2.11. The Hall–Kier alpha value is -3.39. The van der Waals surface area contributed by atoms with Crippen molar-refractivity contribution in [2.75, 3.05) is 26.1 Å². The summed E-state index contributed by atoms with van der Waals surface area (Å²) in [5.74, 6) is 2.67. The third-order valence-electron chi connectivity index (χ3n) is 4.58. The molecule has 4 rings (SSSR count). The number of ether oxygens (including phenoxy) is 2. The van der Waals surface area contributed by atoms with Crippen molar-refractivity contribution in [3.63, 3.8) is 0 Å². The van der Waals surface area contributed by atoms with Gasteiger partial charge in [-0.15, -0.1) is 11.3 Å². The molecule has 0 amide bonds. The molecule has 0 fully saturated rings. The van der Waals surface area contributed by atoms with E-state index < -0.39 is 0 Å². The van der Waals surface area contributed by atoms with Crippen LogP contribution >= 0.6 is 11.3 Å². The number of benzene rings is 1. The number of thiophene rings is 1. The van der Waals surface area contributed by atoms with Crippen molar-refractivity contribution in [3.8, 4) is 33.4 Å². The minimum absolute atomic E-state index is 0.568. The van der Waals surface area contributed by atoms with E-state index in [9.17, 15) is 0 Å². The number of anilines is 1. The predicted molar refractivity (Wildman–Crippen MR) is 117 cm³/mol. The molecule has 7 nitrogen and oxygen atoms in total. The van der Waals surface area contributed by atoms with Crippen LogP contribution in [0.5, 0.6) is 11.5 Å². The average Bonchev–Trinajstić information content (AvgIpc) is 3.45. The summed E-state index contributed by atoms with van der Waals surface area (Å²) < 4.78 is 16.1. The molecule has 3 aromatic heterocycles. The fourth-order valence-corrected chi connectivity index (χ4v) is 3.82. The van der Waals surface area contributed by atoms with E-state index in [0.717, 1.165) is 45.3 Å². The molecular formula is C22H22N4O3S. The summed E-state index contributed by atoms with van der Waals surface area (Å²) in [5.41, 5.74) is 3.60. The van der Waals surface area contributed by atoms with Gasteiger partial charge in [0.2, 0.25) is 5.95 Å². The number of nitrogens with zero attached hydrogens (tertiary/aromatic N) is 3. The van der Waals surface area contributed by atoms with Crippen molar-refractivity contribution in [2.24, 2.45) is 0 Å². The molecule has 8 heteroatoms. The Morgan fingerprint density at radius 1 is 1.10 bits per heavy atom. The van der Waals surface area contributed by atoms with Gasteiger partial charge in [-0.05, 0) is 42.5 Å². The van der Waals surface area contributed by atoms with E-state index in [0.29, 0.717) is 18.3 Å². The van der Waals surface area contributed by atoms with Gasteiger partial charge in [0.05, 0.1) is 36.0 Å². The summed E-state index contributed by atoms with van der Waals surface area (Å²) in [4.78, 5) is 10.3. The first-order valence-electron chi connectivity index (χ1n) is 9.47. The van der Waals surface area contributed by atoms with Crippen LogP contribution in [-0.2, 0) is 6.42 Å². The lowest BCUT2D eigenvalue weighted by Crippen LogP contribution is -2.09. The van der Waals surface area contributed by atoms with Gasteiger partial charge in [0.15, 0.2) is 17.3 Å². The Morgan fingerprint density at radius 2 is 1.97 bits per heavy atom. The van der Waals surface area contributed by atoms with Crippen LogP contribution < -0.4 is 14.8 Å². The van der Waals surface area contributed by atoms with Crippen LogP contribution in [0, 0.1) is 6.92 Å². The van der Waals surface area contributed by atoms with Crippen LogP contribution in [0.25, 0.3) is 21.9 Å². The fraction of sp³-hybridized carbons (Fsp3) is 0.227. The second kappa shape index (κ2) is 8.96. The molecule has 0 saturated heterocycles. The zero-order chi connectivity index (χ0) is 20.9. The summed E-state index contributed by atoms with van der Waals surface area (Å²) in [7, 11) is 3.27.